The number of benzene rings is 4. The van der Waals surface area contributed by atoms with Gasteiger partial charge in [0.15, 0.2) is 0 Å². The number of ether oxygens (including phenoxy) is 2. The Labute approximate surface area is 243 Å². The van der Waals surface area contributed by atoms with Gasteiger partial charge in [-0.3, -0.25) is 9.98 Å². The van der Waals surface area contributed by atoms with Crippen LogP contribution in [-0.2, 0) is 19.5 Å². The molecule has 0 radical (unpaired) electrons. The summed E-state index contributed by atoms with van der Waals surface area (Å²) in [6.45, 7) is 3.99. The maximum atomic E-state index is 11.7. The van der Waals surface area contributed by atoms with E-state index in [1.54, 1.807) is 50.9 Å². The molecule has 0 N–H and O–H groups in total. The standard InChI is InChI=1S/2C16H17NO2.Zn/c2*1-12(13-6-4-3-5-7-13)17-11-14-10-15(19-2)8-9-16(14)18;/h2*3-12,18H,1-2H3;/q;;+2/p-2/t2*12-;/m11./s1. The van der Waals surface area contributed by atoms with Gasteiger partial charge in [0.05, 0.1) is 26.3 Å². The Morgan fingerprint density at radius 1 is 0.590 bits per heavy atom. The van der Waals surface area contributed by atoms with E-state index in [4.69, 9.17) is 9.47 Å². The molecule has 6 nitrogen and oxygen atoms in total. The van der Waals surface area contributed by atoms with Crippen molar-refractivity contribution >= 4 is 12.4 Å². The number of aliphatic imine (C=N–C) groups is 2. The van der Waals surface area contributed by atoms with Crippen molar-refractivity contribution in [1.82, 2.24) is 0 Å². The molecule has 7 heteroatoms. The van der Waals surface area contributed by atoms with Crippen molar-refractivity contribution in [3.63, 3.8) is 0 Å². The van der Waals surface area contributed by atoms with E-state index in [1.165, 1.54) is 12.1 Å². The van der Waals surface area contributed by atoms with Crippen LogP contribution in [0, 0.1) is 0 Å². The molecule has 0 saturated carbocycles. The number of methoxy groups -OCH3 is 2. The van der Waals surface area contributed by atoms with E-state index in [2.05, 4.69) is 9.98 Å². The van der Waals surface area contributed by atoms with Crippen molar-refractivity contribution in [2.45, 2.75) is 25.9 Å². The molecule has 2 atom stereocenters. The second kappa shape index (κ2) is 16.1. The Kier molecular flexibility index (Phi) is 12.9. The minimum absolute atomic E-state index is 0. The quantitative estimate of drug-likeness (QED) is 0.194. The molecule has 0 heterocycles. The molecule has 0 saturated heterocycles. The summed E-state index contributed by atoms with van der Waals surface area (Å²) in [7, 11) is 3.15. The maximum absolute atomic E-state index is 11.7. The van der Waals surface area contributed by atoms with Crippen LogP contribution >= 0.6 is 0 Å². The Hall–Kier alpha value is -3.96. The first-order chi connectivity index (χ1) is 18.4. The molecule has 0 unspecified atom stereocenters. The fourth-order valence-electron chi connectivity index (χ4n) is 3.53. The molecule has 0 bridgehead atoms. The normalized spacial score (nSPS) is 12.2. The molecule has 4 rings (SSSR count). The van der Waals surface area contributed by atoms with Crippen LogP contribution in [0.25, 0.3) is 0 Å². The maximum Gasteiger partial charge on any atom is 2.00 e. The monoisotopic (exact) mass is 572 g/mol. The molecule has 4 aromatic carbocycles. The second-order valence-corrected chi connectivity index (χ2v) is 8.54. The van der Waals surface area contributed by atoms with Gasteiger partial charge in [-0.15, -0.1) is 0 Å². The third kappa shape index (κ3) is 9.70. The van der Waals surface area contributed by atoms with Crippen molar-refractivity contribution < 1.29 is 39.2 Å². The van der Waals surface area contributed by atoms with E-state index in [-0.39, 0.29) is 43.1 Å². The van der Waals surface area contributed by atoms with E-state index in [9.17, 15) is 10.2 Å². The predicted molar refractivity (Wildman–Crippen MR) is 150 cm³/mol. The van der Waals surface area contributed by atoms with Crippen molar-refractivity contribution in [2.75, 3.05) is 14.2 Å². The Balaban J connectivity index is 0.000000267. The van der Waals surface area contributed by atoms with Crippen LogP contribution in [0.15, 0.2) is 107 Å². The zero-order valence-corrected chi connectivity index (χ0v) is 25.7. The summed E-state index contributed by atoms with van der Waals surface area (Å²) in [5.74, 6) is 1.22. The zero-order chi connectivity index (χ0) is 27.3. The van der Waals surface area contributed by atoms with E-state index in [0.717, 1.165) is 11.1 Å². The Morgan fingerprint density at radius 2 is 0.949 bits per heavy atom. The van der Waals surface area contributed by atoms with Gasteiger partial charge in [-0.05, 0) is 60.4 Å². The molecule has 0 fully saturated rings. The van der Waals surface area contributed by atoms with Crippen LogP contribution in [-0.4, -0.2) is 26.6 Å². The average Bonchev–Trinajstić information content (AvgIpc) is 2.97. The number of nitrogens with zero attached hydrogens (tertiary/aromatic N) is 2. The average molecular weight is 574 g/mol. The fraction of sp³-hybridized carbons (Fsp3) is 0.188. The van der Waals surface area contributed by atoms with Crippen LogP contribution in [0.3, 0.4) is 0 Å². The first kappa shape index (κ1) is 31.3. The van der Waals surface area contributed by atoms with Gasteiger partial charge in [-0.1, -0.05) is 84.3 Å². The molecular formula is C32H32N2O4Zn. The van der Waals surface area contributed by atoms with E-state index in [0.29, 0.717) is 22.6 Å². The minimum Gasteiger partial charge on any atom is -0.872 e. The molecule has 0 aliphatic carbocycles. The Morgan fingerprint density at radius 3 is 1.28 bits per heavy atom. The van der Waals surface area contributed by atoms with E-state index >= 15 is 0 Å². The van der Waals surface area contributed by atoms with Gasteiger partial charge >= 0.3 is 19.5 Å². The summed E-state index contributed by atoms with van der Waals surface area (Å²) in [6, 6.07) is 29.7. The van der Waals surface area contributed by atoms with Crippen molar-refractivity contribution in [3.8, 4) is 23.0 Å². The number of hydrogen-bond acceptors (Lipinski definition) is 6. The molecule has 39 heavy (non-hydrogen) atoms. The van der Waals surface area contributed by atoms with Crippen LogP contribution in [0.1, 0.15) is 48.2 Å². The van der Waals surface area contributed by atoms with E-state index in [1.807, 2.05) is 74.5 Å². The fourth-order valence-corrected chi connectivity index (χ4v) is 3.53. The summed E-state index contributed by atoms with van der Waals surface area (Å²) in [6.07, 6.45) is 3.23. The third-order valence-corrected chi connectivity index (χ3v) is 5.87. The molecule has 4 aromatic rings. The molecule has 0 aliphatic rings. The smallest absolute Gasteiger partial charge is 0.872 e. The largest absolute Gasteiger partial charge is 2.00 e. The molecule has 0 amide bonds. The number of rotatable bonds is 8. The summed E-state index contributed by atoms with van der Waals surface area (Å²) in [5, 5.41) is 23.4. The first-order valence-electron chi connectivity index (χ1n) is 12.3. The van der Waals surface area contributed by atoms with Crippen LogP contribution < -0.4 is 19.7 Å². The van der Waals surface area contributed by atoms with Gasteiger partial charge in [0, 0.05) is 12.4 Å². The summed E-state index contributed by atoms with van der Waals surface area (Å²) >= 11 is 0. The van der Waals surface area contributed by atoms with Gasteiger partial charge in [-0.2, -0.15) is 0 Å². The predicted octanol–water partition coefficient (Wildman–Crippen LogP) is 5.90. The summed E-state index contributed by atoms with van der Waals surface area (Å²) in [4.78, 5) is 8.84. The summed E-state index contributed by atoms with van der Waals surface area (Å²) < 4.78 is 10.2. The van der Waals surface area contributed by atoms with Crippen LogP contribution in [0.4, 0.5) is 0 Å². The van der Waals surface area contributed by atoms with Crippen molar-refractivity contribution in [3.05, 3.63) is 119 Å². The van der Waals surface area contributed by atoms with Crippen molar-refractivity contribution in [1.29, 1.82) is 0 Å². The molecule has 0 aromatic heterocycles. The molecule has 0 aliphatic heterocycles. The molecule has 196 valence electrons. The second-order valence-electron chi connectivity index (χ2n) is 8.54. The Bertz CT molecular complexity index is 1240. The summed E-state index contributed by atoms with van der Waals surface area (Å²) in [5.41, 5.74) is 3.33. The van der Waals surface area contributed by atoms with E-state index < -0.39 is 0 Å². The van der Waals surface area contributed by atoms with Gasteiger partial charge < -0.3 is 19.7 Å². The van der Waals surface area contributed by atoms with Gasteiger partial charge in [0.2, 0.25) is 0 Å². The number of hydrogen-bond donors (Lipinski definition) is 0. The van der Waals surface area contributed by atoms with Gasteiger partial charge in [0.1, 0.15) is 11.5 Å². The van der Waals surface area contributed by atoms with Crippen LogP contribution in [0.5, 0.6) is 23.0 Å². The first-order valence-corrected chi connectivity index (χ1v) is 12.3. The van der Waals surface area contributed by atoms with Crippen molar-refractivity contribution in [2.24, 2.45) is 9.98 Å². The third-order valence-electron chi connectivity index (χ3n) is 5.87. The topological polar surface area (TPSA) is 89.3 Å². The van der Waals surface area contributed by atoms with Crippen LogP contribution in [0.2, 0.25) is 0 Å². The SMILES string of the molecule is COc1ccc([O-])c(C=N[C@H](C)c2ccccc2)c1.COc1ccc([O-])c(C=N[C@H](C)c2ccccc2)c1.[Zn+2]. The molecular weight excluding hydrogens is 542 g/mol. The van der Waals surface area contributed by atoms with Gasteiger partial charge in [0.25, 0.3) is 0 Å². The molecule has 0 spiro atoms. The zero-order valence-electron chi connectivity index (χ0n) is 22.8. The van der Waals surface area contributed by atoms with Gasteiger partial charge in [-0.25, -0.2) is 0 Å². The minimum atomic E-state index is -0.0511.